The van der Waals surface area contributed by atoms with Crippen LogP contribution in [0.15, 0.2) is 16.8 Å². The molecule has 1 rings (SSSR count). The van der Waals surface area contributed by atoms with Crippen LogP contribution in [0.1, 0.15) is 11.6 Å². The van der Waals surface area contributed by atoms with Crippen LogP contribution in [0.25, 0.3) is 0 Å². The minimum Gasteiger partial charge on any atom is -0.329 e. The van der Waals surface area contributed by atoms with Gasteiger partial charge < -0.3 is 10.6 Å². The number of hydrogen-bond acceptors (Lipinski definition) is 4. The molecule has 0 aromatic carbocycles. The minimum atomic E-state index is 0.358. The van der Waals surface area contributed by atoms with Crippen molar-refractivity contribution in [2.24, 2.45) is 5.73 Å². The van der Waals surface area contributed by atoms with Crippen molar-refractivity contribution in [1.82, 2.24) is 9.80 Å². The third-order valence-electron chi connectivity index (χ3n) is 2.58. The highest BCUT2D eigenvalue weighted by atomic mass is 32.1. The lowest BCUT2D eigenvalue weighted by molar-refractivity contribution is 0.223. The zero-order chi connectivity index (χ0) is 11.3. The van der Waals surface area contributed by atoms with Crippen molar-refractivity contribution in [3.05, 3.63) is 22.4 Å². The van der Waals surface area contributed by atoms with Gasteiger partial charge in [0, 0.05) is 25.7 Å². The van der Waals surface area contributed by atoms with E-state index in [0.717, 1.165) is 13.1 Å². The summed E-state index contributed by atoms with van der Waals surface area (Å²) in [7, 11) is 6.32. The van der Waals surface area contributed by atoms with E-state index in [2.05, 4.69) is 47.8 Å². The van der Waals surface area contributed by atoms with Gasteiger partial charge in [0.2, 0.25) is 0 Å². The molecule has 1 aromatic heterocycles. The summed E-state index contributed by atoms with van der Waals surface area (Å²) < 4.78 is 0. The molecule has 0 aliphatic heterocycles. The molecule has 0 aliphatic rings. The van der Waals surface area contributed by atoms with E-state index in [1.807, 2.05) is 0 Å². The van der Waals surface area contributed by atoms with Gasteiger partial charge >= 0.3 is 0 Å². The summed E-state index contributed by atoms with van der Waals surface area (Å²) in [6.07, 6.45) is 0. The lowest BCUT2D eigenvalue weighted by Crippen LogP contribution is -2.35. The summed E-state index contributed by atoms with van der Waals surface area (Å²) in [6.45, 7) is 2.79. The molecule has 0 fully saturated rings. The number of likely N-dealkylation sites (N-methyl/N-ethyl adjacent to an activating group) is 2. The van der Waals surface area contributed by atoms with Crippen molar-refractivity contribution in [2.75, 3.05) is 40.8 Å². The first kappa shape index (κ1) is 12.6. The van der Waals surface area contributed by atoms with Gasteiger partial charge in [-0.15, -0.1) is 0 Å². The molecule has 3 nitrogen and oxygen atoms in total. The van der Waals surface area contributed by atoms with Crippen molar-refractivity contribution >= 4 is 11.3 Å². The van der Waals surface area contributed by atoms with E-state index in [4.69, 9.17) is 5.73 Å². The molecular formula is C11H21N3S. The molecule has 1 heterocycles. The monoisotopic (exact) mass is 227 g/mol. The Kier molecular flexibility index (Phi) is 5.25. The number of rotatable bonds is 6. The second-order valence-electron chi connectivity index (χ2n) is 4.09. The fourth-order valence-corrected chi connectivity index (χ4v) is 2.26. The predicted molar refractivity (Wildman–Crippen MR) is 67.3 cm³/mol. The molecule has 0 radical (unpaired) electrons. The molecular weight excluding hydrogens is 206 g/mol. The van der Waals surface area contributed by atoms with Gasteiger partial charge in [0.05, 0.1) is 0 Å². The number of nitrogens with two attached hydrogens (primary N) is 1. The Balaban J connectivity index is 2.51. The van der Waals surface area contributed by atoms with E-state index in [-0.39, 0.29) is 0 Å². The fraction of sp³-hybridized carbons (Fsp3) is 0.636. The standard InChI is InChI=1S/C11H21N3S/c1-13(2)5-6-14(3)11(8-12)10-4-7-15-9-10/h4,7,9,11H,5-6,8,12H2,1-3H3. The van der Waals surface area contributed by atoms with Gasteiger partial charge in [-0.3, -0.25) is 4.90 Å². The van der Waals surface area contributed by atoms with Gasteiger partial charge in [0.1, 0.15) is 0 Å². The Morgan fingerprint density at radius 3 is 2.53 bits per heavy atom. The first-order chi connectivity index (χ1) is 7.15. The molecule has 1 unspecified atom stereocenters. The number of nitrogens with zero attached hydrogens (tertiary/aromatic N) is 2. The first-order valence-corrected chi connectivity index (χ1v) is 6.16. The zero-order valence-corrected chi connectivity index (χ0v) is 10.6. The van der Waals surface area contributed by atoms with Crippen LogP contribution in [0.2, 0.25) is 0 Å². The van der Waals surface area contributed by atoms with Crippen LogP contribution in [0.5, 0.6) is 0 Å². The van der Waals surface area contributed by atoms with Crippen LogP contribution in [0, 0.1) is 0 Å². The Bertz CT molecular complexity index is 259. The number of hydrogen-bond donors (Lipinski definition) is 1. The van der Waals surface area contributed by atoms with E-state index in [9.17, 15) is 0 Å². The van der Waals surface area contributed by atoms with Crippen LogP contribution >= 0.6 is 11.3 Å². The van der Waals surface area contributed by atoms with E-state index >= 15 is 0 Å². The molecule has 0 saturated heterocycles. The minimum absolute atomic E-state index is 0.358. The van der Waals surface area contributed by atoms with Gasteiger partial charge in [-0.05, 0) is 43.5 Å². The van der Waals surface area contributed by atoms with Gasteiger partial charge in [0.15, 0.2) is 0 Å². The lowest BCUT2D eigenvalue weighted by atomic mass is 10.1. The number of thiophene rings is 1. The molecule has 2 N–H and O–H groups in total. The molecule has 0 aliphatic carbocycles. The van der Waals surface area contributed by atoms with E-state index < -0.39 is 0 Å². The van der Waals surface area contributed by atoms with Gasteiger partial charge in [0.25, 0.3) is 0 Å². The van der Waals surface area contributed by atoms with Crippen LogP contribution in [0.3, 0.4) is 0 Å². The molecule has 1 atom stereocenters. The summed E-state index contributed by atoms with van der Waals surface area (Å²) in [4.78, 5) is 4.51. The molecule has 1 aromatic rings. The van der Waals surface area contributed by atoms with Gasteiger partial charge in [-0.1, -0.05) is 0 Å². The van der Waals surface area contributed by atoms with Gasteiger partial charge in [-0.2, -0.15) is 11.3 Å². The molecule has 15 heavy (non-hydrogen) atoms. The first-order valence-electron chi connectivity index (χ1n) is 5.22. The summed E-state index contributed by atoms with van der Waals surface area (Å²) >= 11 is 1.73. The van der Waals surface area contributed by atoms with Crippen molar-refractivity contribution in [3.63, 3.8) is 0 Å². The molecule has 86 valence electrons. The van der Waals surface area contributed by atoms with Crippen molar-refractivity contribution in [3.8, 4) is 0 Å². The Labute approximate surface area is 96.5 Å². The molecule has 0 bridgehead atoms. The SMILES string of the molecule is CN(C)CCN(C)C(CN)c1ccsc1. The summed E-state index contributed by atoms with van der Waals surface area (Å²) in [6, 6.07) is 2.52. The smallest absolute Gasteiger partial charge is 0.0476 e. The van der Waals surface area contributed by atoms with Crippen molar-refractivity contribution in [1.29, 1.82) is 0 Å². The maximum absolute atomic E-state index is 5.82. The van der Waals surface area contributed by atoms with E-state index in [0.29, 0.717) is 12.6 Å². The summed E-state index contributed by atoms with van der Waals surface area (Å²) in [5.41, 5.74) is 7.16. The maximum Gasteiger partial charge on any atom is 0.0476 e. The highest BCUT2D eigenvalue weighted by molar-refractivity contribution is 7.07. The predicted octanol–water partition coefficient (Wildman–Crippen LogP) is 1.24. The maximum atomic E-state index is 5.82. The lowest BCUT2D eigenvalue weighted by Gasteiger charge is -2.27. The highest BCUT2D eigenvalue weighted by Crippen LogP contribution is 2.20. The van der Waals surface area contributed by atoms with Crippen LogP contribution in [0.4, 0.5) is 0 Å². The molecule has 0 saturated carbocycles. The highest BCUT2D eigenvalue weighted by Gasteiger charge is 2.15. The normalized spacial score (nSPS) is 13.7. The molecule has 4 heteroatoms. The van der Waals surface area contributed by atoms with E-state index in [1.165, 1.54) is 5.56 Å². The Morgan fingerprint density at radius 1 is 1.33 bits per heavy atom. The van der Waals surface area contributed by atoms with Crippen LogP contribution in [-0.2, 0) is 0 Å². The quantitative estimate of drug-likeness (QED) is 0.793. The zero-order valence-electron chi connectivity index (χ0n) is 9.81. The second kappa shape index (κ2) is 6.23. The van der Waals surface area contributed by atoms with Gasteiger partial charge in [-0.25, -0.2) is 0 Å². The summed E-state index contributed by atoms with van der Waals surface area (Å²) in [5.74, 6) is 0. The Morgan fingerprint density at radius 2 is 2.07 bits per heavy atom. The van der Waals surface area contributed by atoms with E-state index in [1.54, 1.807) is 11.3 Å². The largest absolute Gasteiger partial charge is 0.329 e. The fourth-order valence-electron chi connectivity index (χ4n) is 1.55. The third kappa shape index (κ3) is 3.91. The van der Waals surface area contributed by atoms with Crippen LogP contribution in [-0.4, -0.2) is 50.6 Å². The Hall–Kier alpha value is -0.420. The van der Waals surface area contributed by atoms with Crippen molar-refractivity contribution in [2.45, 2.75) is 6.04 Å². The third-order valence-corrected chi connectivity index (χ3v) is 3.28. The summed E-state index contributed by atoms with van der Waals surface area (Å²) in [5, 5.41) is 4.29. The second-order valence-corrected chi connectivity index (χ2v) is 4.87. The molecule has 0 spiro atoms. The average molecular weight is 227 g/mol. The topological polar surface area (TPSA) is 32.5 Å². The average Bonchev–Trinajstić information content (AvgIpc) is 2.69. The van der Waals surface area contributed by atoms with Crippen molar-refractivity contribution < 1.29 is 0 Å². The van der Waals surface area contributed by atoms with Crippen LogP contribution < -0.4 is 5.73 Å². The molecule has 0 amide bonds.